The van der Waals surface area contributed by atoms with Crippen LogP contribution in [0.4, 0.5) is 4.79 Å². The average Bonchev–Trinajstić information content (AvgIpc) is 3.37. The summed E-state index contributed by atoms with van der Waals surface area (Å²) in [7, 11) is 1.49. The van der Waals surface area contributed by atoms with Gasteiger partial charge in [0.05, 0.1) is 7.11 Å². The van der Waals surface area contributed by atoms with Crippen LogP contribution in [-0.4, -0.2) is 48.5 Å². The van der Waals surface area contributed by atoms with E-state index in [4.69, 9.17) is 19.6 Å². The number of ether oxygens (including phenoxy) is 2. The molecule has 1 fully saturated rings. The fourth-order valence-electron chi connectivity index (χ4n) is 4.28. The van der Waals surface area contributed by atoms with Crippen molar-refractivity contribution in [2.24, 2.45) is 5.73 Å². The van der Waals surface area contributed by atoms with Crippen LogP contribution >= 0.6 is 0 Å². The standard InChI is InChI=1S/C26H27N3O7/c1-34-18-9-10-19-17(13-23(30)36-22(19)14-18)12-20(24(27)31)28-25(32)21-8-5-11-29(21)26(33)35-15-16-6-3-2-4-7-16/h2-4,6-7,9-10,13-14,20-21H,5,8,11-12,15H2,1H3,(H2,27,31)(H,28,32)/t20-,21-/m1/s1. The van der Waals surface area contributed by atoms with E-state index in [1.165, 1.54) is 18.1 Å². The molecule has 36 heavy (non-hydrogen) atoms. The molecule has 1 aliphatic rings. The van der Waals surface area contributed by atoms with E-state index >= 15 is 0 Å². The molecule has 3 amide bonds. The molecule has 0 unspecified atom stereocenters. The molecule has 1 saturated heterocycles. The summed E-state index contributed by atoms with van der Waals surface area (Å²) in [5.41, 5.74) is 6.58. The second-order valence-electron chi connectivity index (χ2n) is 8.51. The Morgan fingerprint density at radius 3 is 2.67 bits per heavy atom. The molecule has 188 valence electrons. The van der Waals surface area contributed by atoms with Gasteiger partial charge in [-0.1, -0.05) is 30.3 Å². The smallest absolute Gasteiger partial charge is 0.410 e. The van der Waals surface area contributed by atoms with Crippen molar-refractivity contribution in [2.45, 2.75) is 38.0 Å². The van der Waals surface area contributed by atoms with Crippen LogP contribution in [0, 0.1) is 0 Å². The molecule has 0 bridgehead atoms. The van der Waals surface area contributed by atoms with Crippen LogP contribution in [0.15, 0.2) is 63.8 Å². The van der Waals surface area contributed by atoms with Gasteiger partial charge in [-0.05, 0) is 36.1 Å². The summed E-state index contributed by atoms with van der Waals surface area (Å²) >= 11 is 0. The van der Waals surface area contributed by atoms with Crippen molar-refractivity contribution < 1.29 is 28.3 Å². The van der Waals surface area contributed by atoms with Gasteiger partial charge in [-0.25, -0.2) is 9.59 Å². The molecule has 1 aliphatic heterocycles. The first-order chi connectivity index (χ1) is 17.4. The summed E-state index contributed by atoms with van der Waals surface area (Å²) < 4.78 is 15.8. The molecule has 0 spiro atoms. The molecule has 2 atom stereocenters. The molecule has 10 nitrogen and oxygen atoms in total. The number of nitrogens with zero attached hydrogens (tertiary/aromatic N) is 1. The predicted octanol–water partition coefficient (Wildman–Crippen LogP) is 2.12. The molecule has 3 aromatic rings. The molecule has 0 saturated carbocycles. The molecule has 1 aromatic heterocycles. The fraction of sp³-hybridized carbons (Fsp3) is 0.308. The summed E-state index contributed by atoms with van der Waals surface area (Å²) in [5, 5.41) is 3.24. The Labute approximate surface area is 207 Å². The molecule has 0 radical (unpaired) electrons. The highest BCUT2D eigenvalue weighted by Gasteiger charge is 2.36. The maximum Gasteiger partial charge on any atom is 0.410 e. The monoisotopic (exact) mass is 493 g/mol. The molecule has 2 heterocycles. The van der Waals surface area contributed by atoms with E-state index in [1.807, 2.05) is 30.3 Å². The zero-order valence-corrected chi connectivity index (χ0v) is 19.8. The number of carbonyl (C=O) groups is 3. The minimum Gasteiger partial charge on any atom is -0.497 e. The molecule has 10 heteroatoms. The Balaban J connectivity index is 1.46. The van der Waals surface area contributed by atoms with Crippen molar-refractivity contribution in [1.82, 2.24) is 10.2 Å². The largest absolute Gasteiger partial charge is 0.497 e. The van der Waals surface area contributed by atoms with Crippen LogP contribution in [0.25, 0.3) is 11.0 Å². The number of rotatable bonds is 8. The summed E-state index contributed by atoms with van der Waals surface area (Å²) in [6.45, 7) is 0.446. The third-order valence-electron chi connectivity index (χ3n) is 6.12. The van der Waals surface area contributed by atoms with Gasteiger partial charge in [0.25, 0.3) is 0 Å². The first kappa shape index (κ1) is 24.8. The maximum absolute atomic E-state index is 13.1. The predicted molar refractivity (Wildman–Crippen MR) is 130 cm³/mol. The Morgan fingerprint density at radius 2 is 1.94 bits per heavy atom. The third kappa shape index (κ3) is 5.65. The summed E-state index contributed by atoms with van der Waals surface area (Å²) in [4.78, 5) is 51.4. The van der Waals surface area contributed by atoms with Crippen molar-refractivity contribution in [1.29, 1.82) is 0 Å². The third-order valence-corrected chi connectivity index (χ3v) is 6.12. The van der Waals surface area contributed by atoms with Crippen molar-refractivity contribution >= 4 is 28.9 Å². The van der Waals surface area contributed by atoms with Crippen LogP contribution in [0.2, 0.25) is 0 Å². The van der Waals surface area contributed by atoms with E-state index in [1.54, 1.807) is 18.2 Å². The number of carbonyl (C=O) groups excluding carboxylic acids is 3. The summed E-state index contributed by atoms with van der Waals surface area (Å²) in [5.74, 6) is -0.778. The van der Waals surface area contributed by atoms with Crippen LogP contribution < -0.4 is 21.4 Å². The van der Waals surface area contributed by atoms with Crippen molar-refractivity contribution in [3.05, 3.63) is 76.1 Å². The molecule has 2 aromatic carbocycles. The first-order valence-corrected chi connectivity index (χ1v) is 11.5. The molecule has 4 rings (SSSR count). The van der Waals surface area contributed by atoms with E-state index in [0.717, 1.165) is 5.56 Å². The fourth-order valence-corrected chi connectivity index (χ4v) is 4.28. The number of amides is 3. The van der Waals surface area contributed by atoms with Crippen molar-refractivity contribution in [2.75, 3.05) is 13.7 Å². The zero-order chi connectivity index (χ0) is 25.7. The van der Waals surface area contributed by atoms with Crippen LogP contribution in [0.5, 0.6) is 5.75 Å². The number of benzene rings is 2. The highest BCUT2D eigenvalue weighted by atomic mass is 16.6. The normalized spacial score (nSPS) is 15.9. The van der Waals surface area contributed by atoms with Gasteiger partial charge in [0.15, 0.2) is 0 Å². The van der Waals surface area contributed by atoms with Gasteiger partial charge in [0, 0.05) is 30.5 Å². The van der Waals surface area contributed by atoms with Crippen LogP contribution in [0.1, 0.15) is 24.0 Å². The SMILES string of the molecule is COc1ccc2c(C[C@@H](NC(=O)[C@H]3CCCN3C(=O)OCc3ccccc3)C(N)=O)cc(=O)oc2c1. The van der Waals surface area contributed by atoms with Gasteiger partial charge in [-0.3, -0.25) is 14.5 Å². The number of primary amides is 1. The average molecular weight is 494 g/mol. The van der Waals surface area contributed by atoms with Crippen molar-refractivity contribution in [3.8, 4) is 5.75 Å². The van der Waals surface area contributed by atoms with Gasteiger partial charge >= 0.3 is 11.7 Å². The molecule has 0 aliphatic carbocycles. The Morgan fingerprint density at radius 1 is 1.17 bits per heavy atom. The summed E-state index contributed by atoms with van der Waals surface area (Å²) in [6.07, 6.45) is 0.412. The lowest BCUT2D eigenvalue weighted by Crippen LogP contribution is -2.53. The van der Waals surface area contributed by atoms with E-state index in [9.17, 15) is 19.2 Å². The lowest BCUT2D eigenvalue weighted by Gasteiger charge is -2.25. The van der Waals surface area contributed by atoms with Gasteiger partial charge in [-0.15, -0.1) is 0 Å². The van der Waals surface area contributed by atoms with Gasteiger partial charge in [0.1, 0.15) is 30.0 Å². The van der Waals surface area contributed by atoms with Gasteiger partial charge in [0.2, 0.25) is 11.8 Å². The number of nitrogens with one attached hydrogen (secondary N) is 1. The van der Waals surface area contributed by atoms with E-state index < -0.39 is 35.6 Å². The first-order valence-electron chi connectivity index (χ1n) is 11.5. The molecular weight excluding hydrogens is 466 g/mol. The Hall–Kier alpha value is -4.34. The van der Waals surface area contributed by atoms with Crippen LogP contribution in [0.3, 0.4) is 0 Å². The molecular formula is C26H27N3O7. The number of methoxy groups -OCH3 is 1. The van der Waals surface area contributed by atoms with Crippen molar-refractivity contribution in [3.63, 3.8) is 0 Å². The zero-order valence-electron chi connectivity index (χ0n) is 19.8. The van der Waals surface area contributed by atoms with Gasteiger partial charge < -0.3 is 24.9 Å². The van der Waals surface area contributed by atoms with Crippen LogP contribution in [-0.2, 0) is 27.4 Å². The minimum atomic E-state index is -1.10. The number of hydrogen-bond acceptors (Lipinski definition) is 7. The lowest BCUT2D eigenvalue weighted by atomic mass is 10.0. The Kier molecular flexibility index (Phi) is 7.53. The quantitative estimate of drug-likeness (QED) is 0.458. The number of fused-ring (bicyclic) bond motifs is 1. The number of nitrogens with two attached hydrogens (primary N) is 1. The van der Waals surface area contributed by atoms with Gasteiger partial charge in [-0.2, -0.15) is 0 Å². The number of hydrogen-bond donors (Lipinski definition) is 2. The highest BCUT2D eigenvalue weighted by molar-refractivity contribution is 5.92. The Bertz CT molecular complexity index is 1320. The van der Waals surface area contributed by atoms with E-state index in [-0.39, 0.29) is 18.6 Å². The number of likely N-dealkylation sites (tertiary alicyclic amines) is 1. The maximum atomic E-state index is 13.1. The van der Waals surface area contributed by atoms with E-state index in [2.05, 4.69) is 5.32 Å². The minimum absolute atomic E-state index is 0.0271. The highest BCUT2D eigenvalue weighted by Crippen LogP contribution is 2.24. The van der Waals surface area contributed by atoms with E-state index in [0.29, 0.717) is 36.1 Å². The second-order valence-corrected chi connectivity index (χ2v) is 8.51. The molecule has 3 N–H and O–H groups in total. The topological polar surface area (TPSA) is 141 Å². The second kappa shape index (κ2) is 10.9. The summed E-state index contributed by atoms with van der Waals surface area (Å²) in [6, 6.07) is 13.5. The lowest BCUT2D eigenvalue weighted by molar-refractivity contribution is -0.130.